The van der Waals surface area contributed by atoms with Crippen LogP contribution in [-0.2, 0) is 28.7 Å². The van der Waals surface area contributed by atoms with Crippen LogP contribution in [0.1, 0.15) is 73.1 Å². The fourth-order valence-corrected chi connectivity index (χ4v) is 10.2. The van der Waals surface area contributed by atoms with Crippen LogP contribution in [0, 0.1) is 32.2 Å². The Kier molecular flexibility index (Phi) is 10.4. The van der Waals surface area contributed by atoms with Gasteiger partial charge >= 0.3 is 11.9 Å². The molecule has 1 aromatic carbocycles. The third-order valence-electron chi connectivity index (χ3n) is 11.6. The zero-order valence-corrected chi connectivity index (χ0v) is 31.1. The molecule has 12 heteroatoms. The molecule has 1 unspecified atom stereocenters. The highest BCUT2D eigenvalue weighted by Gasteiger charge is 2.77. The Hall–Kier alpha value is -2.90. The molecule has 0 aliphatic heterocycles. The van der Waals surface area contributed by atoms with Crippen LogP contribution in [0.25, 0.3) is 10.9 Å². The normalized spacial score (nSPS) is 34.5. The molecule has 0 amide bonds. The molecule has 0 spiro atoms. The highest BCUT2D eigenvalue weighted by atomic mass is 127. The number of alkyl halides is 1. The average molecular weight is 810 g/mol. The van der Waals surface area contributed by atoms with Gasteiger partial charge in [-0.25, -0.2) is 4.39 Å². The van der Waals surface area contributed by atoms with Gasteiger partial charge in [-0.3, -0.25) is 24.2 Å². The van der Waals surface area contributed by atoms with Gasteiger partial charge in [0.1, 0.15) is 5.52 Å². The van der Waals surface area contributed by atoms with Crippen LogP contribution in [0.15, 0.2) is 48.2 Å². The fraction of sp³-hybridized carbons (Fsp3) is 0.541. The number of hydrogen-bond acceptors (Lipinski definition) is 9. The quantitative estimate of drug-likeness (QED) is 0.233. The number of rotatable bonds is 6. The van der Waals surface area contributed by atoms with Crippen LogP contribution in [0.4, 0.5) is 4.39 Å². The number of ether oxygens (including phenoxy) is 2. The van der Waals surface area contributed by atoms with Crippen LogP contribution in [-0.4, -0.2) is 62.7 Å². The second-order valence-electron chi connectivity index (χ2n) is 14.0. The van der Waals surface area contributed by atoms with E-state index in [0.717, 1.165) is 5.39 Å². The van der Waals surface area contributed by atoms with Gasteiger partial charge in [-0.1, -0.05) is 50.9 Å². The number of aliphatic hydroxyl groups excluding tert-OH is 1. The predicted octanol–water partition coefficient (Wildman–Crippen LogP) is 7.02. The molecule has 4 aliphatic carbocycles. The number of allylic oxidation sites excluding steroid dienone is 4. The number of halogens is 3. The van der Waals surface area contributed by atoms with Crippen LogP contribution in [0.5, 0.6) is 5.75 Å². The van der Waals surface area contributed by atoms with E-state index in [4.69, 9.17) is 21.1 Å². The molecule has 6 rings (SSSR count). The van der Waals surface area contributed by atoms with E-state index < -0.39 is 64.4 Å². The van der Waals surface area contributed by atoms with Crippen molar-refractivity contribution >= 4 is 68.6 Å². The van der Waals surface area contributed by atoms with Crippen LogP contribution >= 0.6 is 34.2 Å². The topological polar surface area (TPSA) is 140 Å². The first-order valence-corrected chi connectivity index (χ1v) is 18.1. The molecule has 2 aromatic rings. The molecule has 2 N–H and O–H groups in total. The summed E-state index contributed by atoms with van der Waals surface area (Å²) in [6, 6.07) is 5.35. The third kappa shape index (κ3) is 5.81. The minimum atomic E-state index is -2.05. The van der Waals surface area contributed by atoms with Gasteiger partial charge in [0.2, 0.25) is 5.78 Å². The van der Waals surface area contributed by atoms with Crippen molar-refractivity contribution in [3.63, 3.8) is 0 Å². The lowest BCUT2D eigenvalue weighted by molar-refractivity contribution is -0.228. The Balaban J connectivity index is 0.000000299. The van der Waals surface area contributed by atoms with Crippen molar-refractivity contribution in [1.29, 1.82) is 0 Å². The number of hydrogen-bond donors (Lipinski definition) is 2. The molecule has 8 atom stereocenters. The number of esters is 2. The van der Waals surface area contributed by atoms with E-state index in [1.54, 1.807) is 52.1 Å². The van der Waals surface area contributed by atoms with Crippen LogP contribution < -0.4 is 0 Å². The van der Waals surface area contributed by atoms with Gasteiger partial charge in [-0.05, 0) is 91.5 Å². The molecule has 0 saturated heterocycles. The van der Waals surface area contributed by atoms with E-state index in [9.17, 15) is 29.4 Å². The Bertz CT molecular complexity index is 1760. The fourth-order valence-electron chi connectivity index (χ4n) is 9.16. The molecule has 49 heavy (non-hydrogen) atoms. The summed E-state index contributed by atoms with van der Waals surface area (Å²) in [4.78, 5) is 54.4. The maximum Gasteiger partial charge on any atom is 0.306 e. The standard InChI is InChI=1S/C28H37FO7.C9H5ClINO/c1-6-23(33)35-15-22(32)28(36-24(34)7-2)16(3)12-20-19-9-8-17-13-18(30)10-11-25(17,4)27(19,29)21(31)14-26(20,28)5;10-6-4-7(11)9(13)8-5(6)2-1-3-12-8/h10-11,13,16,19-21,31H,6-9,12,14-15H2,1-5H3;1-4,13H/t16-,19-,20-,21-,25-,26-,27?,28-;/m0./s1. The van der Waals surface area contributed by atoms with Gasteiger partial charge < -0.3 is 19.7 Å². The summed E-state index contributed by atoms with van der Waals surface area (Å²) in [6.45, 7) is 8.05. The van der Waals surface area contributed by atoms with Crippen LogP contribution in [0.2, 0.25) is 5.02 Å². The minimum absolute atomic E-state index is 0.0430. The summed E-state index contributed by atoms with van der Waals surface area (Å²) >= 11 is 8.00. The SMILES string of the molecule is CCC(=O)OCC(=O)[C@@]1(OC(=O)CC)[C@@H](C)C[C@H]2[C@@H]3CCC4=CC(=O)C=C[C@]4(C)C3(F)[C@@H](O)C[C@@]21C.Oc1c(I)cc(Cl)c2cccnc12. The molecule has 3 fully saturated rings. The van der Waals surface area contributed by atoms with Gasteiger partial charge in [0.25, 0.3) is 0 Å². The maximum absolute atomic E-state index is 17.4. The lowest BCUT2D eigenvalue weighted by Crippen LogP contribution is -2.70. The van der Waals surface area contributed by atoms with E-state index in [-0.39, 0.29) is 36.7 Å². The molecule has 1 heterocycles. The third-order valence-corrected chi connectivity index (χ3v) is 12.7. The van der Waals surface area contributed by atoms with Crippen molar-refractivity contribution in [3.05, 3.63) is 56.8 Å². The zero-order valence-electron chi connectivity index (χ0n) is 28.2. The molecule has 4 aliphatic rings. The number of aromatic nitrogens is 1. The first kappa shape index (κ1) is 37.4. The van der Waals surface area contributed by atoms with Crippen molar-refractivity contribution in [2.45, 2.75) is 90.5 Å². The molecular weight excluding hydrogens is 768 g/mol. The lowest BCUT2D eigenvalue weighted by Gasteiger charge is -2.62. The number of pyridine rings is 1. The smallest absolute Gasteiger partial charge is 0.306 e. The second kappa shape index (κ2) is 13.7. The van der Waals surface area contributed by atoms with E-state index in [2.05, 4.69) is 4.98 Å². The summed E-state index contributed by atoms with van der Waals surface area (Å²) < 4.78 is 29.2. The maximum atomic E-state index is 17.4. The number of ketones is 2. The van der Waals surface area contributed by atoms with Crippen molar-refractivity contribution < 1.29 is 43.3 Å². The number of carbonyl (C=O) groups is 4. The summed E-state index contributed by atoms with van der Waals surface area (Å²) in [5.41, 5.74) is -4.71. The highest BCUT2D eigenvalue weighted by molar-refractivity contribution is 14.1. The predicted molar refractivity (Wildman–Crippen MR) is 189 cm³/mol. The first-order valence-electron chi connectivity index (χ1n) is 16.6. The number of benzene rings is 1. The average Bonchev–Trinajstić information content (AvgIpc) is 3.29. The van der Waals surface area contributed by atoms with Gasteiger partial charge in [0.15, 0.2) is 29.4 Å². The van der Waals surface area contributed by atoms with E-state index in [0.29, 0.717) is 38.9 Å². The van der Waals surface area contributed by atoms with Crippen molar-refractivity contribution in [2.24, 2.45) is 28.6 Å². The number of Topliss-reactive ketones (excluding diaryl/α,β-unsaturated/α-hetero) is 1. The molecule has 3 saturated carbocycles. The van der Waals surface area contributed by atoms with Gasteiger partial charge in [0.05, 0.1) is 14.7 Å². The summed E-state index contributed by atoms with van der Waals surface area (Å²) in [5.74, 6) is -3.11. The summed E-state index contributed by atoms with van der Waals surface area (Å²) in [6.07, 6.45) is 5.95. The first-order chi connectivity index (χ1) is 23.0. The van der Waals surface area contributed by atoms with Gasteiger partial charge in [-0.2, -0.15) is 0 Å². The summed E-state index contributed by atoms with van der Waals surface area (Å²) in [7, 11) is 0. The Morgan fingerprint density at radius 3 is 2.53 bits per heavy atom. The van der Waals surface area contributed by atoms with Crippen molar-refractivity contribution in [1.82, 2.24) is 4.98 Å². The minimum Gasteiger partial charge on any atom is -0.505 e. The van der Waals surface area contributed by atoms with E-state index in [1.165, 1.54) is 12.2 Å². The van der Waals surface area contributed by atoms with Gasteiger partial charge in [-0.15, -0.1) is 0 Å². The second-order valence-corrected chi connectivity index (χ2v) is 15.6. The molecule has 9 nitrogen and oxygen atoms in total. The van der Waals surface area contributed by atoms with E-state index >= 15 is 4.39 Å². The van der Waals surface area contributed by atoms with Crippen molar-refractivity contribution in [3.8, 4) is 5.75 Å². The molecule has 0 radical (unpaired) electrons. The largest absolute Gasteiger partial charge is 0.505 e. The number of fused-ring (bicyclic) bond motifs is 6. The number of phenols is 1. The van der Waals surface area contributed by atoms with Gasteiger partial charge in [0, 0.05) is 47.1 Å². The number of aromatic hydroxyl groups is 1. The number of phenolic OH excluding ortho intramolecular Hbond substituents is 1. The molecular formula is C37H42ClFINO8. The Morgan fingerprint density at radius 2 is 1.86 bits per heavy atom. The highest BCUT2D eigenvalue weighted by Crippen LogP contribution is 2.71. The number of carbonyl (C=O) groups excluding carboxylic acids is 4. The van der Waals surface area contributed by atoms with E-state index in [1.807, 2.05) is 35.6 Å². The molecule has 0 bridgehead atoms. The van der Waals surface area contributed by atoms with Crippen LogP contribution in [0.3, 0.4) is 0 Å². The lowest BCUT2D eigenvalue weighted by atomic mass is 9.44. The monoisotopic (exact) mass is 809 g/mol. The van der Waals surface area contributed by atoms with Crippen molar-refractivity contribution in [2.75, 3.05) is 6.61 Å². The number of nitrogens with zero attached hydrogens (tertiary/aromatic N) is 1. The Labute approximate surface area is 303 Å². The zero-order chi connectivity index (χ0) is 36.1. The summed E-state index contributed by atoms with van der Waals surface area (Å²) in [5, 5.41) is 22.6. The molecule has 264 valence electrons. The molecule has 1 aromatic heterocycles. The number of aliphatic hydroxyl groups is 1. The Morgan fingerprint density at radius 1 is 1.16 bits per heavy atom.